The van der Waals surface area contributed by atoms with Crippen LogP contribution in [0.4, 0.5) is 19.0 Å². The summed E-state index contributed by atoms with van der Waals surface area (Å²) >= 11 is 0. The fourth-order valence-corrected chi connectivity index (χ4v) is 1.13. The first kappa shape index (κ1) is 12.3. The van der Waals surface area contributed by atoms with Crippen molar-refractivity contribution in [1.29, 1.82) is 0 Å². The highest BCUT2D eigenvalue weighted by Crippen LogP contribution is 2.26. The van der Waals surface area contributed by atoms with E-state index in [2.05, 4.69) is 9.72 Å². The van der Waals surface area contributed by atoms with Crippen molar-refractivity contribution < 1.29 is 22.7 Å². The number of hydrogen-bond donors (Lipinski definition) is 1. The molecule has 16 heavy (non-hydrogen) atoms. The zero-order valence-electron chi connectivity index (χ0n) is 8.34. The molecule has 0 amide bonds. The fourth-order valence-electron chi connectivity index (χ4n) is 1.13. The van der Waals surface area contributed by atoms with E-state index in [0.29, 0.717) is 0 Å². The van der Waals surface area contributed by atoms with E-state index >= 15 is 0 Å². The van der Waals surface area contributed by atoms with Crippen molar-refractivity contribution >= 4 is 11.8 Å². The van der Waals surface area contributed by atoms with E-state index in [-0.39, 0.29) is 6.61 Å². The molecule has 0 aromatic carbocycles. The van der Waals surface area contributed by atoms with Crippen LogP contribution in [0.25, 0.3) is 0 Å². The second-order valence-corrected chi connectivity index (χ2v) is 2.82. The van der Waals surface area contributed by atoms with Crippen molar-refractivity contribution in [3.63, 3.8) is 0 Å². The van der Waals surface area contributed by atoms with Crippen molar-refractivity contribution in [2.75, 3.05) is 12.3 Å². The van der Waals surface area contributed by atoms with Crippen LogP contribution in [0.5, 0.6) is 0 Å². The molecule has 0 fully saturated rings. The van der Waals surface area contributed by atoms with Gasteiger partial charge in [0.1, 0.15) is 11.4 Å². The third-order valence-corrected chi connectivity index (χ3v) is 1.74. The van der Waals surface area contributed by atoms with Crippen LogP contribution in [-0.4, -0.2) is 17.6 Å². The number of carbonyl (C=O) groups excluding carboxylic acids is 1. The van der Waals surface area contributed by atoms with Crippen LogP contribution in [0.3, 0.4) is 0 Å². The highest BCUT2D eigenvalue weighted by atomic mass is 19.3. The molecule has 0 aliphatic rings. The van der Waals surface area contributed by atoms with Crippen molar-refractivity contribution in [3.05, 3.63) is 23.1 Å². The number of hydrogen-bond acceptors (Lipinski definition) is 4. The third kappa shape index (κ3) is 2.41. The lowest BCUT2D eigenvalue weighted by atomic mass is 10.1. The van der Waals surface area contributed by atoms with Crippen molar-refractivity contribution in [2.24, 2.45) is 0 Å². The monoisotopic (exact) mass is 234 g/mol. The summed E-state index contributed by atoms with van der Waals surface area (Å²) in [5.74, 6) is -2.95. The Kier molecular flexibility index (Phi) is 3.70. The number of halogens is 3. The quantitative estimate of drug-likeness (QED) is 0.641. The molecular weight excluding hydrogens is 225 g/mol. The minimum atomic E-state index is -3.03. The first-order chi connectivity index (χ1) is 7.47. The molecule has 0 aliphatic heterocycles. The molecule has 1 heterocycles. The lowest BCUT2D eigenvalue weighted by molar-refractivity contribution is 0.0508. The van der Waals surface area contributed by atoms with E-state index in [1.165, 1.54) is 6.92 Å². The molecule has 2 N–H and O–H groups in total. The van der Waals surface area contributed by atoms with Crippen molar-refractivity contribution in [2.45, 2.75) is 13.3 Å². The number of esters is 1. The van der Waals surface area contributed by atoms with Gasteiger partial charge in [-0.05, 0) is 13.0 Å². The van der Waals surface area contributed by atoms with E-state index in [4.69, 9.17) is 5.73 Å². The Hall–Kier alpha value is -1.79. The average molecular weight is 234 g/mol. The van der Waals surface area contributed by atoms with E-state index in [9.17, 15) is 18.0 Å². The summed E-state index contributed by atoms with van der Waals surface area (Å²) in [4.78, 5) is 14.3. The first-order valence-electron chi connectivity index (χ1n) is 4.38. The number of pyridine rings is 1. The lowest BCUT2D eigenvalue weighted by Gasteiger charge is -2.09. The first-order valence-corrected chi connectivity index (χ1v) is 4.38. The molecule has 0 spiro atoms. The number of alkyl halides is 2. The predicted molar refractivity (Wildman–Crippen MR) is 49.5 cm³/mol. The maximum Gasteiger partial charge on any atom is 0.343 e. The van der Waals surface area contributed by atoms with Gasteiger partial charge in [0.2, 0.25) is 5.95 Å². The number of ether oxygens (including phenoxy) is 1. The molecule has 88 valence electrons. The van der Waals surface area contributed by atoms with Crippen LogP contribution < -0.4 is 5.73 Å². The summed E-state index contributed by atoms with van der Waals surface area (Å²) in [6, 6.07) is 0.750. The van der Waals surface area contributed by atoms with Crippen molar-refractivity contribution in [3.8, 4) is 0 Å². The van der Waals surface area contributed by atoms with Crippen LogP contribution in [0.1, 0.15) is 29.3 Å². The van der Waals surface area contributed by atoms with Crippen LogP contribution in [-0.2, 0) is 4.74 Å². The summed E-state index contributed by atoms with van der Waals surface area (Å²) in [7, 11) is 0. The molecule has 0 bridgehead atoms. The van der Waals surface area contributed by atoms with Gasteiger partial charge in [-0.15, -0.1) is 0 Å². The molecule has 0 saturated heterocycles. The minimum absolute atomic E-state index is 0.0503. The number of nitrogens with two attached hydrogens (primary N) is 1. The number of aromatic nitrogens is 1. The number of carbonyl (C=O) groups is 1. The Morgan fingerprint density at radius 1 is 1.62 bits per heavy atom. The van der Waals surface area contributed by atoms with Gasteiger partial charge in [-0.2, -0.15) is 4.39 Å². The Bertz CT molecular complexity index is 410. The van der Waals surface area contributed by atoms with Gasteiger partial charge in [0, 0.05) is 5.56 Å². The number of anilines is 1. The number of nitrogens with zero attached hydrogens (tertiary/aromatic N) is 1. The minimum Gasteiger partial charge on any atom is -0.462 e. The lowest BCUT2D eigenvalue weighted by Crippen LogP contribution is -2.13. The smallest absolute Gasteiger partial charge is 0.343 e. The normalized spacial score (nSPS) is 10.6. The molecule has 1 rings (SSSR count). The van der Waals surface area contributed by atoms with E-state index in [0.717, 1.165) is 6.07 Å². The van der Waals surface area contributed by atoms with Gasteiger partial charge < -0.3 is 10.5 Å². The second-order valence-electron chi connectivity index (χ2n) is 2.82. The van der Waals surface area contributed by atoms with Gasteiger partial charge in [0.05, 0.1) is 6.61 Å². The summed E-state index contributed by atoms with van der Waals surface area (Å²) < 4.78 is 42.7. The zero-order chi connectivity index (χ0) is 12.3. The number of nitrogen functional groups attached to an aromatic ring is 1. The van der Waals surface area contributed by atoms with Crippen molar-refractivity contribution in [1.82, 2.24) is 4.98 Å². The molecular formula is C9H9F3N2O2. The highest BCUT2D eigenvalue weighted by molar-refractivity contribution is 5.91. The summed E-state index contributed by atoms with van der Waals surface area (Å²) in [5.41, 5.74) is 3.42. The van der Waals surface area contributed by atoms with Gasteiger partial charge in [-0.25, -0.2) is 18.6 Å². The Balaban J connectivity index is 3.29. The molecule has 1 aromatic rings. The summed E-state index contributed by atoms with van der Waals surface area (Å²) in [6.45, 7) is 1.42. The Morgan fingerprint density at radius 3 is 2.75 bits per heavy atom. The van der Waals surface area contributed by atoms with Crippen LogP contribution in [0.2, 0.25) is 0 Å². The molecule has 7 heteroatoms. The van der Waals surface area contributed by atoms with E-state index in [1.54, 1.807) is 0 Å². The third-order valence-electron chi connectivity index (χ3n) is 1.74. The van der Waals surface area contributed by atoms with Gasteiger partial charge in [0.15, 0.2) is 0 Å². The largest absolute Gasteiger partial charge is 0.462 e. The molecule has 0 unspecified atom stereocenters. The standard InChI is InChI=1S/C9H9F3N2O2/c1-2-16-9(15)6-4(7(10)11)3-5(13)14-8(6)12/h3,7H,2H2,1H3,(H2,13,14). The van der Waals surface area contributed by atoms with Gasteiger partial charge in [0.25, 0.3) is 6.43 Å². The Morgan fingerprint density at radius 2 is 2.25 bits per heavy atom. The maximum atomic E-state index is 13.2. The van der Waals surface area contributed by atoms with E-state index < -0.39 is 35.3 Å². The van der Waals surface area contributed by atoms with Crippen LogP contribution in [0, 0.1) is 5.95 Å². The fraction of sp³-hybridized carbons (Fsp3) is 0.333. The summed E-state index contributed by atoms with van der Waals surface area (Å²) in [6.07, 6.45) is -3.03. The Labute approximate surface area is 89.2 Å². The molecule has 0 aliphatic carbocycles. The number of rotatable bonds is 3. The van der Waals surface area contributed by atoms with Crippen LogP contribution in [0.15, 0.2) is 6.07 Å². The molecule has 4 nitrogen and oxygen atoms in total. The average Bonchev–Trinajstić information content (AvgIpc) is 2.16. The van der Waals surface area contributed by atoms with Gasteiger partial charge in [-0.1, -0.05) is 0 Å². The molecule has 1 aromatic heterocycles. The van der Waals surface area contributed by atoms with E-state index in [1.807, 2.05) is 0 Å². The maximum absolute atomic E-state index is 13.2. The topological polar surface area (TPSA) is 65.2 Å². The second kappa shape index (κ2) is 4.82. The SMILES string of the molecule is CCOC(=O)c1c(C(F)F)cc(N)nc1F. The summed E-state index contributed by atoms with van der Waals surface area (Å²) in [5, 5.41) is 0. The van der Waals surface area contributed by atoms with Crippen LogP contribution >= 0.6 is 0 Å². The molecule has 0 atom stereocenters. The molecule has 0 saturated carbocycles. The molecule has 0 radical (unpaired) electrons. The predicted octanol–water partition coefficient (Wildman–Crippen LogP) is 1.92. The zero-order valence-corrected chi connectivity index (χ0v) is 8.34. The van der Waals surface area contributed by atoms with Gasteiger partial charge >= 0.3 is 5.97 Å². The van der Waals surface area contributed by atoms with Gasteiger partial charge in [-0.3, -0.25) is 0 Å². The highest BCUT2D eigenvalue weighted by Gasteiger charge is 2.25.